The van der Waals surface area contributed by atoms with E-state index in [0.717, 1.165) is 17.9 Å². The third kappa shape index (κ3) is 0.588. The Morgan fingerprint density at radius 3 is 2.90 bits per heavy atom. The van der Waals surface area contributed by atoms with E-state index in [1.54, 1.807) is 7.11 Å². The monoisotopic (exact) mass is 135 g/mol. The van der Waals surface area contributed by atoms with E-state index in [0.29, 0.717) is 0 Å². The fourth-order valence-corrected chi connectivity index (χ4v) is 1.20. The fourth-order valence-electron chi connectivity index (χ4n) is 1.20. The first-order valence-corrected chi connectivity index (χ1v) is 3.27. The van der Waals surface area contributed by atoms with Crippen LogP contribution in [0.1, 0.15) is 11.1 Å². The average Bonchev–Trinajstić information content (AvgIpc) is 2.68. The zero-order chi connectivity index (χ0) is 7.14. The predicted octanol–water partition coefficient (Wildman–Crippen LogP) is 1.18. The van der Waals surface area contributed by atoms with Crippen molar-refractivity contribution in [2.45, 2.75) is 6.42 Å². The quantitative estimate of drug-likeness (QED) is 0.596. The van der Waals surface area contributed by atoms with Crippen molar-refractivity contribution in [1.29, 1.82) is 0 Å². The molecule has 0 saturated heterocycles. The van der Waals surface area contributed by atoms with Crippen molar-refractivity contribution in [2.75, 3.05) is 12.8 Å². The highest BCUT2D eigenvalue weighted by Crippen LogP contribution is 2.40. The normalized spacial score (nSPS) is 12.5. The number of rotatable bonds is 1. The van der Waals surface area contributed by atoms with Crippen LogP contribution >= 0.6 is 0 Å². The van der Waals surface area contributed by atoms with Gasteiger partial charge in [0.1, 0.15) is 5.75 Å². The highest BCUT2D eigenvalue weighted by molar-refractivity contribution is 5.67. The lowest BCUT2D eigenvalue weighted by Crippen LogP contribution is -1.85. The van der Waals surface area contributed by atoms with Gasteiger partial charge < -0.3 is 10.5 Å². The molecule has 1 aliphatic rings. The minimum Gasteiger partial charge on any atom is -0.496 e. The topological polar surface area (TPSA) is 35.2 Å². The summed E-state index contributed by atoms with van der Waals surface area (Å²) in [6, 6.07) is 3.81. The van der Waals surface area contributed by atoms with Gasteiger partial charge in [-0.15, -0.1) is 0 Å². The van der Waals surface area contributed by atoms with Gasteiger partial charge in [-0.25, -0.2) is 0 Å². The van der Waals surface area contributed by atoms with Crippen LogP contribution in [0.5, 0.6) is 5.75 Å². The maximum absolute atomic E-state index is 5.64. The molecule has 52 valence electrons. The van der Waals surface area contributed by atoms with Crippen molar-refractivity contribution in [3.63, 3.8) is 0 Å². The second-order valence-corrected chi connectivity index (χ2v) is 2.49. The van der Waals surface area contributed by atoms with Gasteiger partial charge in [0.2, 0.25) is 0 Å². The molecule has 2 heteroatoms. The Balaban J connectivity index is 2.53. The van der Waals surface area contributed by atoms with Crippen molar-refractivity contribution in [2.24, 2.45) is 0 Å². The molecule has 0 atom stereocenters. The molecule has 0 unspecified atom stereocenters. The molecule has 2 rings (SSSR count). The van der Waals surface area contributed by atoms with Crippen molar-refractivity contribution in [3.05, 3.63) is 23.3 Å². The maximum Gasteiger partial charge on any atom is 0.122 e. The van der Waals surface area contributed by atoms with Crippen LogP contribution in [0.4, 0.5) is 5.69 Å². The van der Waals surface area contributed by atoms with Crippen LogP contribution in [0.15, 0.2) is 12.1 Å². The first-order chi connectivity index (χ1) is 4.83. The summed E-state index contributed by atoms with van der Waals surface area (Å²) in [6.45, 7) is 0. The van der Waals surface area contributed by atoms with Crippen molar-refractivity contribution in [3.8, 4) is 5.75 Å². The molecule has 0 saturated carbocycles. The first-order valence-electron chi connectivity index (χ1n) is 3.27. The summed E-state index contributed by atoms with van der Waals surface area (Å²) in [5.74, 6) is 0.976. The van der Waals surface area contributed by atoms with Gasteiger partial charge in [-0.2, -0.15) is 0 Å². The molecule has 0 bridgehead atoms. The van der Waals surface area contributed by atoms with Gasteiger partial charge >= 0.3 is 0 Å². The van der Waals surface area contributed by atoms with Gasteiger partial charge in [-0.1, -0.05) is 0 Å². The molecule has 2 nitrogen and oxygen atoms in total. The summed E-state index contributed by atoms with van der Waals surface area (Å²) in [5.41, 5.74) is 9.08. The Labute approximate surface area is 59.6 Å². The molecule has 1 aromatic carbocycles. The molecule has 0 heterocycles. The van der Waals surface area contributed by atoms with E-state index < -0.39 is 0 Å². The summed E-state index contributed by atoms with van der Waals surface area (Å²) < 4.78 is 5.10. The number of nitrogen functional groups attached to an aromatic ring is 1. The van der Waals surface area contributed by atoms with E-state index in [2.05, 4.69) is 0 Å². The van der Waals surface area contributed by atoms with Crippen LogP contribution in [0.25, 0.3) is 0 Å². The SMILES string of the molecule is COc1ccc(N)c2c1C2. The lowest BCUT2D eigenvalue weighted by atomic mass is 10.3. The second-order valence-electron chi connectivity index (χ2n) is 2.49. The molecular weight excluding hydrogens is 126 g/mol. The second kappa shape index (κ2) is 1.66. The zero-order valence-corrected chi connectivity index (χ0v) is 5.85. The van der Waals surface area contributed by atoms with E-state index in [9.17, 15) is 0 Å². The van der Waals surface area contributed by atoms with Crippen LogP contribution in [0.2, 0.25) is 0 Å². The molecule has 10 heavy (non-hydrogen) atoms. The van der Waals surface area contributed by atoms with Gasteiger partial charge in [0.15, 0.2) is 0 Å². The van der Waals surface area contributed by atoms with E-state index >= 15 is 0 Å². The van der Waals surface area contributed by atoms with Gasteiger partial charge in [-0.05, 0) is 17.7 Å². The minimum atomic E-state index is 0.899. The number of fused-ring (bicyclic) bond motifs is 1. The number of ether oxygens (including phenoxy) is 1. The number of hydrogen-bond acceptors (Lipinski definition) is 2. The zero-order valence-electron chi connectivity index (χ0n) is 5.85. The fraction of sp³-hybridized carbons (Fsp3) is 0.250. The lowest BCUT2D eigenvalue weighted by molar-refractivity contribution is 0.414. The summed E-state index contributed by atoms with van der Waals surface area (Å²) in [7, 11) is 1.68. The smallest absolute Gasteiger partial charge is 0.122 e. The molecule has 0 fully saturated rings. The molecule has 1 aliphatic carbocycles. The van der Waals surface area contributed by atoms with E-state index in [1.165, 1.54) is 11.1 Å². The van der Waals surface area contributed by atoms with Gasteiger partial charge in [-0.3, -0.25) is 0 Å². The van der Waals surface area contributed by atoms with Crippen LogP contribution in [0, 0.1) is 0 Å². The Hall–Kier alpha value is -1.18. The Morgan fingerprint density at radius 1 is 1.40 bits per heavy atom. The molecule has 0 spiro atoms. The Bertz CT molecular complexity index is 281. The summed E-state index contributed by atoms with van der Waals surface area (Å²) >= 11 is 0. The van der Waals surface area contributed by atoms with E-state index in [-0.39, 0.29) is 0 Å². The number of methoxy groups -OCH3 is 1. The highest BCUT2D eigenvalue weighted by atomic mass is 16.5. The van der Waals surface area contributed by atoms with Crippen LogP contribution in [-0.2, 0) is 6.42 Å². The summed E-state index contributed by atoms with van der Waals surface area (Å²) in [5, 5.41) is 0. The third-order valence-corrected chi connectivity index (χ3v) is 1.87. The highest BCUT2D eigenvalue weighted by Gasteiger charge is 2.24. The van der Waals surface area contributed by atoms with Gasteiger partial charge in [0, 0.05) is 17.7 Å². The summed E-state index contributed by atoms with van der Waals surface area (Å²) in [4.78, 5) is 0. The number of benzene rings is 1. The number of anilines is 1. The number of nitrogens with two attached hydrogens (primary N) is 1. The summed E-state index contributed by atoms with van der Waals surface area (Å²) in [6.07, 6.45) is 1.02. The lowest BCUT2D eigenvalue weighted by Gasteiger charge is -1.96. The van der Waals surface area contributed by atoms with Crippen molar-refractivity contribution < 1.29 is 4.74 Å². The van der Waals surface area contributed by atoms with E-state index in [4.69, 9.17) is 10.5 Å². The van der Waals surface area contributed by atoms with Gasteiger partial charge in [0.25, 0.3) is 0 Å². The molecule has 2 N–H and O–H groups in total. The van der Waals surface area contributed by atoms with Crippen molar-refractivity contribution in [1.82, 2.24) is 0 Å². The Morgan fingerprint density at radius 2 is 2.20 bits per heavy atom. The predicted molar refractivity (Wildman–Crippen MR) is 40.2 cm³/mol. The molecule has 0 amide bonds. The number of hydrogen-bond donors (Lipinski definition) is 1. The minimum absolute atomic E-state index is 0.899. The molecule has 0 aromatic heterocycles. The largest absolute Gasteiger partial charge is 0.496 e. The molecular formula is C8H9NO. The first kappa shape index (κ1) is 5.59. The van der Waals surface area contributed by atoms with Crippen LogP contribution < -0.4 is 10.5 Å². The molecule has 1 aromatic rings. The maximum atomic E-state index is 5.64. The van der Waals surface area contributed by atoms with Gasteiger partial charge in [0.05, 0.1) is 7.11 Å². The van der Waals surface area contributed by atoms with Crippen LogP contribution in [0.3, 0.4) is 0 Å². The van der Waals surface area contributed by atoms with E-state index in [1.807, 2.05) is 12.1 Å². The standard InChI is InChI=1S/C8H9NO/c1-10-8-3-2-7(9)5-4-6(5)8/h2-3H,4,9H2,1H3. The average molecular weight is 135 g/mol. The molecule has 0 radical (unpaired) electrons. The molecule has 0 aliphatic heterocycles. The van der Waals surface area contributed by atoms with Crippen LogP contribution in [-0.4, -0.2) is 7.11 Å². The third-order valence-electron chi connectivity index (χ3n) is 1.87. The Kier molecular flexibility index (Phi) is 0.926. The van der Waals surface area contributed by atoms with Crippen molar-refractivity contribution >= 4 is 5.69 Å².